The first-order chi connectivity index (χ1) is 9.16. The number of hydrogen-bond acceptors (Lipinski definition) is 3. The molecule has 0 heterocycles. The lowest BCUT2D eigenvalue weighted by Crippen LogP contribution is -2.12. The topological polar surface area (TPSA) is 55.2 Å². The second-order valence-electron chi connectivity index (χ2n) is 5.14. The van der Waals surface area contributed by atoms with Crippen LogP contribution in [0.15, 0.2) is 18.2 Å². The highest BCUT2D eigenvalue weighted by Gasteiger charge is 2.16. The van der Waals surface area contributed by atoms with Gasteiger partial charge in [0.05, 0.1) is 11.0 Å². The lowest BCUT2D eigenvalue weighted by Gasteiger charge is -2.21. The summed E-state index contributed by atoms with van der Waals surface area (Å²) in [6.07, 6.45) is 7.45. The lowest BCUT2D eigenvalue weighted by atomic mass is 9.87. The monoisotopic (exact) mass is 266 g/mol. The van der Waals surface area contributed by atoms with Crippen molar-refractivity contribution in [2.45, 2.75) is 38.5 Å². The third-order valence-electron chi connectivity index (χ3n) is 3.75. The smallest absolute Gasteiger partial charge is 0.295 e. The highest BCUT2D eigenvalue weighted by Crippen LogP contribution is 2.28. The summed E-state index contributed by atoms with van der Waals surface area (Å²) in [5.41, 5.74) is 0.214. The molecule has 0 unspecified atom stereocenters. The molecule has 1 N–H and O–H groups in total. The van der Waals surface area contributed by atoms with Crippen molar-refractivity contribution in [1.29, 1.82) is 0 Å². The van der Waals surface area contributed by atoms with Gasteiger partial charge in [-0.15, -0.1) is 0 Å². The molecule has 1 aliphatic rings. The van der Waals surface area contributed by atoms with Gasteiger partial charge in [-0.2, -0.15) is 0 Å². The van der Waals surface area contributed by atoms with Gasteiger partial charge in [-0.1, -0.05) is 32.1 Å². The van der Waals surface area contributed by atoms with Gasteiger partial charge >= 0.3 is 0 Å². The van der Waals surface area contributed by atoms with Crippen LogP contribution >= 0.6 is 0 Å². The van der Waals surface area contributed by atoms with Gasteiger partial charge in [0, 0.05) is 6.54 Å². The van der Waals surface area contributed by atoms with Gasteiger partial charge in [0.25, 0.3) is 5.69 Å². The number of nitro groups is 1. The van der Waals surface area contributed by atoms with E-state index in [4.69, 9.17) is 0 Å². The number of rotatable bonds is 5. The van der Waals surface area contributed by atoms with E-state index in [1.54, 1.807) is 0 Å². The van der Waals surface area contributed by atoms with Crippen molar-refractivity contribution in [3.8, 4) is 0 Å². The Kier molecular flexibility index (Phi) is 4.71. The third kappa shape index (κ3) is 3.91. The molecule has 1 fully saturated rings. The minimum Gasteiger partial charge on any atom is -0.379 e. The number of nitrogens with one attached hydrogen (secondary N) is 1. The lowest BCUT2D eigenvalue weighted by molar-refractivity contribution is -0.384. The minimum absolute atomic E-state index is 0.191. The molecule has 1 aliphatic carbocycles. The van der Waals surface area contributed by atoms with Crippen LogP contribution in [0.4, 0.5) is 15.8 Å². The van der Waals surface area contributed by atoms with Gasteiger partial charge in [0.15, 0.2) is 0 Å². The summed E-state index contributed by atoms with van der Waals surface area (Å²) >= 11 is 0. The minimum atomic E-state index is -0.579. The number of halogens is 1. The summed E-state index contributed by atoms with van der Waals surface area (Å²) in [4.78, 5) is 10.3. The first kappa shape index (κ1) is 13.8. The van der Waals surface area contributed by atoms with Crippen LogP contribution < -0.4 is 5.32 Å². The first-order valence-corrected chi connectivity index (χ1v) is 6.84. The molecule has 104 valence electrons. The summed E-state index contributed by atoms with van der Waals surface area (Å²) in [5, 5.41) is 13.9. The number of nitrogens with zero attached hydrogens (tertiary/aromatic N) is 1. The second kappa shape index (κ2) is 6.50. The molecule has 1 aromatic carbocycles. The van der Waals surface area contributed by atoms with Crippen molar-refractivity contribution >= 4 is 11.4 Å². The maximum absolute atomic E-state index is 13.0. The van der Waals surface area contributed by atoms with Crippen molar-refractivity contribution in [3.63, 3.8) is 0 Å². The Labute approximate surface area is 112 Å². The second-order valence-corrected chi connectivity index (χ2v) is 5.14. The molecule has 5 heteroatoms. The summed E-state index contributed by atoms with van der Waals surface area (Å²) < 4.78 is 13.0. The maximum atomic E-state index is 13.0. The van der Waals surface area contributed by atoms with Gasteiger partial charge in [-0.25, -0.2) is 4.39 Å². The largest absolute Gasteiger partial charge is 0.379 e. The van der Waals surface area contributed by atoms with Crippen molar-refractivity contribution in [2.24, 2.45) is 5.92 Å². The van der Waals surface area contributed by atoms with Gasteiger partial charge in [0.2, 0.25) is 0 Å². The predicted molar refractivity (Wildman–Crippen MR) is 72.7 cm³/mol. The number of anilines is 1. The molecule has 1 aromatic rings. The molecule has 1 saturated carbocycles. The molecule has 19 heavy (non-hydrogen) atoms. The molecule has 0 radical (unpaired) electrons. The highest BCUT2D eigenvalue weighted by molar-refractivity contribution is 5.61. The van der Waals surface area contributed by atoms with Gasteiger partial charge in [-0.3, -0.25) is 10.1 Å². The Morgan fingerprint density at radius 3 is 2.74 bits per heavy atom. The van der Waals surface area contributed by atoms with Crippen LogP contribution in [-0.2, 0) is 0 Å². The fourth-order valence-electron chi connectivity index (χ4n) is 2.69. The average molecular weight is 266 g/mol. The SMILES string of the molecule is O=[N+]([O-])c1cc(F)ccc1NCCC1CCCCC1. The zero-order valence-corrected chi connectivity index (χ0v) is 10.9. The zero-order chi connectivity index (χ0) is 13.7. The summed E-state index contributed by atoms with van der Waals surface area (Å²) in [7, 11) is 0. The molecule has 0 spiro atoms. The van der Waals surface area contributed by atoms with Crippen LogP contribution in [0.3, 0.4) is 0 Å². The van der Waals surface area contributed by atoms with Gasteiger partial charge < -0.3 is 5.32 Å². The normalized spacial score (nSPS) is 16.3. The van der Waals surface area contributed by atoms with E-state index in [9.17, 15) is 14.5 Å². The summed E-state index contributed by atoms with van der Waals surface area (Å²) in [5.74, 6) is 0.144. The van der Waals surface area contributed by atoms with Crippen LogP contribution in [-0.4, -0.2) is 11.5 Å². The fourth-order valence-corrected chi connectivity index (χ4v) is 2.69. The van der Waals surface area contributed by atoms with E-state index in [0.29, 0.717) is 12.2 Å². The van der Waals surface area contributed by atoms with E-state index in [1.165, 1.54) is 44.2 Å². The Morgan fingerprint density at radius 2 is 2.05 bits per heavy atom. The van der Waals surface area contributed by atoms with Crippen LogP contribution in [0.5, 0.6) is 0 Å². The molecule has 0 saturated heterocycles. The van der Waals surface area contributed by atoms with Crippen LogP contribution in [0.25, 0.3) is 0 Å². The average Bonchev–Trinajstić information content (AvgIpc) is 2.41. The van der Waals surface area contributed by atoms with Crippen LogP contribution in [0.1, 0.15) is 38.5 Å². The standard InChI is InChI=1S/C14H19FN2O2/c15-12-6-7-13(14(10-12)17(18)19)16-9-8-11-4-2-1-3-5-11/h6-7,10-11,16H,1-5,8-9H2. The molecule has 2 rings (SSSR count). The van der Waals surface area contributed by atoms with Crippen molar-refractivity contribution in [2.75, 3.05) is 11.9 Å². The molecular formula is C14H19FN2O2. The fraction of sp³-hybridized carbons (Fsp3) is 0.571. The Morgan fingerprint density at radius 1 is 1.32 bits per heavy atom. The van der Waals surface area contributed by atoms with E-state index in [1.807, 2.05) is 0 Å². The van der Waals surface area contributed by atoms with E-state index in [0.717, 1.165) is 18.4 Å². The zero-order valence-electron chi connectivity index (χ0n) is 10.9. The molecule has 0 aliphatic heterocycles. The number of hydrogen-bond donors (Lipinski definition) is 1. The molecule has 0 amide bonds. The van der Waals surface area contributed by atoms with E-state index in [-0.39, 0.29) is 5.69 Å². The predicted octanol–water partition coefficient (Wildman–Crippen LogP) is 4.12. The first-order valence-electron chi connectivity index (χ1n) is 6.84. The van der Waals surface area contributed by atoms with Crippen molar-refractivity contribution in [1.82, 2.24) is 0 Å². The number of benzene rings is 1. The Balaban J connectivity index is 1.89. The van der Waals surface area contributed by atoms with E-state index in [2.05, 4.69) is 5.32 Å². The molecule has 4 nitrogen and oxygen atoms in total. The molecular weight excluding hydrogens is 247 g/mol. The van der Waals surface area contributed by atoms with E-state index < -0.39 is 10.7 Å². The van der Waals surface area contributed by atoms with Gasteiger partial charge in [-0.05, 0) is 24.5 Å². The highest BCUT2D eigenvalue weighted by atomic mass is 19.1. The van der Waals surface area contributed by atoms with E-state index >= 15 is 0 Å². The Bertz CT molecular complexity index is 445. The maximum Gasteiger partial charge on any atom is 0.295 e. The van der Waals surface area contributed by atoms with Crippen molar-refractivity contribution in [3.05, 3.63) is 34.1 Å². The molecule has 0 aromatic heterocycles. The molecule has 0 atom stereocenters. The Hall–Kier alpha value is -1.65. The van der Waals surface area contributed by atoms with Crippen LogP contribution in [0, 0.1) is 21.8 Å². The summed E-state index contributed by atoms with van der Waals surface area (Å²) in [6, 6.07) is 3.65. The van der Waals surface area contributed by atoms with Crippen LogP contribution in [0.2, 0.25) is 0 Å². The summed E-state index contributed by atoms with van der Waals surface area (Å²) in [6.45, 7) is 0.705. The van der Waals surface area contributed by atoms with Gasteiger partial charge in [0.1, 0.15) is 11.5 Å². The number of nitro benzene ring substituents is 1. The molecule has 0 bridgehead atoms. The quantitative estimate of drug-likeness (QED) is 0.644. The van der Waals surface area contributed by atoms with Crippen molar-refractivity contribution < 1.29 is 9.31 Å². The third-order valence-corrected chi connectivity index (χ3v) is 3.75.